The van der Waals surface area contributed by atoms with Gasteiger partial charge in [-0.3, -0.25) is 22.5 Å². The molecule has 0 aliphatic rings. The van der Waals surface area contributed by atoms with E-state index in [0.29, 0.717) is 0 Å². The van der Waals surface area contributed by atoms with Crippen molar-refractivity contribution in [2.75, 3.05) is 6.54 Å². The second kappa shape index (κ2) is 22.0. The minimum absolute atomic E-state index is 0. The smallest absolute Gasteiger partial charge is 0.542 e. The van der Waals surface area contributed by atoms with E-state index in [1.54, 1.807) is 6.20 Å². The minimum Gasteiger partial charge on any atom is -0.542 e. The predicted molar refractivity (Wildman–Crippen MR) is 74.3 cm³/mol. The first-order valence-electron chi connectivity index (χ1n) is 5.75. The van der Waals surface area contributed by atoms with Crippen molar-refractivity contribution in [3.05, 3.63) is 30.1 Å². The Morgan fingerprint density at radius 1 is 1.26 bits per heavy atom. The molecule has 0 radical (unpaired) electrons. The van der Waals surface area contributed by atoms with Crippen LogP contribution in [0.3, 0.4) is 0 Å². The Morgan fingerprint density at radius 2 is 1.84 bits per heavy atom. The van der Waals surface area contributed by atoms with Crippen LogP contribution in [0.1, 0.15) is 39.3 Å². The van der Waals surface area contributed by atoms with E-state index in [1.165, 1.54) is 32.8 Å². The zero-order valence-electron chi connectivity index (χ0n) is 11.5. The molecular weight excluding hydrogens is 335 g/mol. The molecule has 1 heterocycles. The van der Waals surface area contributed by atoms with Crippen LogP contribution in [0.25, 0.3) is 0 Å². The Morgan fingerprint density at radius 3 is 2.26 bits per heavy atom. The molecule has 0 aliphatic carbocycles. The third-order valence-corrected chi connectivity index (χ3v) is 1.55. The number of pyridine rings is 1. The monoisotopic (exact) mass is 354 g/mol. The molecule has 0 saturated heterocycles. The second-order valence-electron chi connectivity index (χ2n) is 3.05. The van der Waals surface area contributed by atoms with Gasteiger partial charge in [-0.2, -0.15) is 13.8 Å². The molecule has 0 saturated carbocycles. The molecular formula is C14H20N2O2Pd. The third-order valence-electron chi connectivity index (χ3n) is 1.55. The molecule has 0 N–H and O–H groups in total. The molecule has 0 unspecified atom stereocenters. The Labute approximate surface area is 129 Å². The predicted octanol–water partition coefficient (Wildman–Crippen LogP) is 2.53. The molecule has 0 aliphatic heterocycles. The molecule has 19 heavy (non-hydrogen) atoms. The zero-order chi connectivity index (χ0) is 14.1. The van der Waals surface area contributed by atoms with Crippen LogP contribution >= 0.6 is 0 Å². The van der Waals surface area contributed by atoms with Crippen LogP contribution in [-0.4, -0.2) is 30.3 Å². The summed E-state index contributed by atoms with van der Waals surface area (Å²) in [6.45, 7) is 5.71. The van der Waals surface area contributed by atoms with Crippen LogP contribution in [-0.2, 0) is 30.0 Å². The maximum atomic E-state index is 8.68. The van der Waals surface area contributed by atoms with Gasteiger partial charge >= 0.3 is 20.4 Å². The summed E-state index contributed by atoms with van der Waals surface area (Å²) in [5.74, 6) is 0. The Balaban J connectivity index is -0.000000314. The third kappa shape index (κ3) is 22.5. The van der Waals surface area contributed by atoms with E-state index in [4.69, 9.17) is 9.59 Å². The summed E-state index contributed by atoms with van der Waals surface area (Å²) in [5.41, 5.74) is 0.939. The van der Waals surface area contributed by atoms with Gasteiger partial charge in [-0.05, 0) is 18.6 Å². The van der Waals surface area contributed by atoms with Gasteiger partial charge in [-0.15, -0.1) is 0 Å². The van der Waals surface area contributed by atoms with E-state index in [-0.39, 0.29) is 20.4 Å². The summed E-state index contributed by atoms with van der Waals surface area (Å²) in [7, 11) is 0. The molecule has 0 amide bonds. The SMILES string of the molecule is CCCCN=Cc1ccccn1.C[C-]=O.C[C-]=O.[Pd+2]. The van der Waals surface area contributed by atoms with E-state index in [1.807, 2.05) is 24.4 Å². The molecule has 4 nitrogen and oxygen atoms in total. The first-order valence-corrected chi connectivity index (χ1v) is 5.75. The van der Waals surface area contributed by atoms with E-state index >= 15 is 0 Å². The molecule has 1 rings (SSSR count). The average molecular weight is 355 g/mol. The fourth-order valence-corrected chi connectivity index (χ4v) is 0.860. The van der Waals surface area contributed by atoms with Gasteiger partial charge in [-0.25, -0.2) is 0 Å². The Bertz CT molecular complexity index is 310. The molecule has 0 bridgehead atoms. The van der Waals surface area contributed by atoms with E-state index in [0.717, 1.165) is 18.7 Å². The van der Waals surface area contributed by atoms with Gasteiger partial charge < -0.3 is 9.59 Å². The van der Waals surface area contributed by atoms with Crippen LogP contribution in [0.5, 0.6) is 0 Å². The maximum Gasteiger partial charge on any atom is 2.00 e. The molecule has 108 valence electrons. The maximum absolute atomic E-state index is 8.68. The van der Waals surface area contributed by atoms with Crippen molar-refractivity contribution in [2.24, 2.45) is 4.99 Å². The van der Waals surface area contributed by atoms with Gasteiger partial charge in [0.25, 0.3) is 0 Å². The van der Waals surface area contributed by atoms with Crippen LogP contribution in [0.2, 0.25) is 0 Å². The molecule has 1 aromatic rings. The summed E-state index contributed by atoms with van der Waals surface area (Å²) in [6.07, 6.45) is 8.96. The van der Waals surface area contributed by atoms with Crippen LogP contribution in [0.4, 0.5) is 0 Å². The van der Waals surface area contributed by atoms with Gasteiger partial charge in [0.15, 0.2) is 0 Å². The number of hydrogen-bond acceptors (Lipinski definition) is 4. The van der Waals surface area contributed by atoms with Crippen molar-refractivity contribution in [3.63, 3.8) is 0 Å². The van der Waals surface area contributed by atoms with Gasteiger partial charge in [0.05, 0.1) is 5.69 Å². The summed E-state index contributed by atoms with van der Waals surface area (Å²) in [4.78, 5) is 25.7. The first-order chi connectivity index (χ1) is 8.76. The van der Waals surface area contributed by atoms with Crippen molar-refractivity contribution in [3.8, 4) is 0 Å². The van der Waals surface area contributed by atoms with Crippen LogP contribution < -0.4 is 0 Å². The standard InChI is InChI=1S/C10H14N2.2C2H3O.Pd/c1-2-3-7-11-9-10-6-4-5-8-12-10;2*1-2-3;/h4-6,8-9H,2-3,7H2,1H3;2*1H3;/q;2*-1;+2. The van der Waals surface area contributed by atoms with E-state index in [9.17, 15) is 0 Å². The summed E-state index contributed by atoms with van der Waals surface area (Å²) in [5, 5.41) is 0. The fraction of sp³-hybridized carbons (Fsp3) is 0.429. The topological polar surface area (TPSA) is 59.4 Å². The van der Waals surface area contributed by atoms with Crippen LogP contribution in [0, 0.1) is 0 Å². The van der Waals surface area contributed by atoms with Crippen molar-refractivity contribution >= 4 is 18.8 Å². The number of carbonyl (C=O) groups excluding carboxylic acids is 2. The molecule has 1 aromatic heterocycles. The van der Waals surface area contributed by atoms with Crippen LogP contribution in [0.15, 0.2) is 29.4 Å². The summed E-state index contributed by atoms with van der Waals surface area (Å²) < 4.78 is 0. The zero-order valence-corrected chi connectivity index (χ0v) is 13.1. The van der Waals surface area contributed by atoms with Gasteiger partial charge in [-0.1, -0.05) is 19.4 Å². The van der Waals surface area contributed by atoms with E-state index < -0.39 is 0 Å². The molecule has 0 fully saturated rings. The molecule has 0 atom stereocenters. The average Bonchev–Trinajstić information content (AvgIpc) is 2.38. The first kappa shape index (κ1) is 23.0. The number of hydrogen-bond donors (Lipinski definition) is 0. The summed E-state index contributed by atoms with van der Waals surface area (Å²) in [6, 6.07) is 5.83. The summed E-state index contributed by atoms with van der Waals surface area (Å²) >= 11 is 0. The van der Waals surface area contributed by atoms with Gasteiger partial charge in [0.2, 0.25) is 0 Å². The van der Waals surface area contributed by atoms with Crippen molar-refractivity contribution in [1.82, 2.24) is 4.98 Å². The number of rotatable bonds is 4. The number of aromatic nitrogens is 1. The fourth-order valence-electron chi connectivity index (χ4n) is 0.860. The van der Waals surface area contributed by atoms with Crippen molar-refractivity contribution in [2.45, 2.75) is 33.6 Å². The Hall–Kier alpha value is -1.18. The minimum atomic E-state index is 0. The van der Waals surface area contributed by atoms with Crippen molar-refractivity contribution in [1.29, 1.82) is 0 Å². The Kier molecular flexibility index (Phi) is 26.6. The quantitative estimate of drug-likeness (QED) is 0.361. The molecule has 5 heteroatoms. The largest absolute Gasteiger partial charge is 2.00 e. The number of aliphatic imine (C=N–C) groups is 1. The van der Waals surface area contributed by atoms with Gasteiger partial charge in [0.1, 0.15) is 0 Å². The second-order valence-corrected chi connectivity index (χ2v) is 3.05. The number of unbranched alkanes of at least 4 members (excludes halogenated alkanes) is 1. The molecule has 0 spiro atoms. The normalized spacial score (nSPS) is 8.16. The van der Waals surface area contributed by atoms with Gasteiger partial charge in [0, 0.05) is 19.0 Å². The van der Waals surface area contributed by atoms with E-state index in [2.05, 4.69) is 16.9 Å². The van der Waals surface area contributed by atoms with Crippen molar-refractivity contribution < 1.29 is 30.0 Å². The number of nitrogens with zero attached hydrogens (tertiary/aromatic N) is 2. The molecule has 0 aromatic carbocycles.